The molecule has 1 aliphatic carbocycles. The normalized spacial score (nSPS) is 21.4. The van der Waals surface area contributed by atoms with Crippen LogP contribution in [0.4, 0.5) is 0 Å². The number of aliphatic hydroxyl groups excluding tert-OH is 1. The molecule has 0 spiro atoms. The van der Waals surface area contributed by atoms with Gasteiger partial charge in [0.25, 0.3) is 0 Å². The fourth-order valence-corrected chi connectivity index (χ4v) is 3.13. The van der Waals surface area contributed by atoms with Gasteiger partial charge in [-0.1, -0.05) is 73.5 Å². The highest BCUT2D eigenvalue weighted by Gasteiger charge is 2.28. The van der Waals surface area contributed by atoms with Gasteiger partial charge in [-0.25, -0.2) is 0 Å². The molecule has 3 heteroatoms. The van der Waals surface area contributed by atoms with E-state index in [0.717, 1.165) is 37.8 Å². The van der Waals surface area contributed by atoms with Crippen LogP contribution in [0.3, 0.4) is 0 Å². The highest BCUT2D eigenvalue weighted by atomic mass is 16.3. The minimum atomic E-state index is -0.291. The maximum atomic E-state index is 10.4. The van der Waals surface area contributed by atoms with Gasteiger partial charge in [0.1, 0.15) is 0 Å². The van der Waals surface area contributed by atoms with Crippen LogP contribution < -0.4 is 0 Å². The van der Waals surface area contributed by atoms with Crippen LogP contribution in [0.5, 0.6) is 0 Å². The Kier molecular flexibility index (Phi) is 5.43. The maximum absolute atomic E-state index is 10.4. The lowest BCUT2D eigenvalue weighted by atomic mass is 9.92. The summed E-state index contributed by atoms with van der Waals surface area (Å²) < 4.78 is 0. The summed E-state index contributed by atoms with van der Waals surface area (Å²) in [6, 6.07) is 20.6. The summed E-state index contributed by atoms with van der Waals surface area (Å²) in [7, 11) is 0. The van der Waals surface area contributed by atoms with Gasteiger partial charge >= 0.3 is 0 Å². The number of benzene rings is 2. The van der Waals surface area contributed by atoms with Gasteiger partial charge < -0.3 is 5.11 Å². The van der Waals surface area contributed by atoms with Crippen LogP contribution in [0.15, 0.2) is 65.8 Å². The van der Waals surface area contributed by atoms with E-state index in [4.69, 9.17) is 5.10 Å². The number of hydrogen-bond acceptors (Lipinski definition) is 3. The number of nitrogens with zero attached hydrogens (tertiary/aromatic N) is 2. The molecule has 0 aromatic heterocycles. The van der Waals surface area contributed by atoms with Crippen molar-refractivity contribution in [1.29, 1.82) is 0 Å². The lowest BCUT2D eigenvalue weighted by Gasteiger charge is -2.35. The molecule has 1 saturated carbocycles. The van der Waals surface area contributed by atoms with E-state index < -0.39 is 0 Å². The molecule has 0 radical (unpaired) electrons. The number of aliphatic hydroxyl groups is 1. The third-order valence-electron chi connectivity index (χ3n) is 4.42. The van der Waals surface area contributed by atoms with Gasteiger partial charge in [0, 0.05) is 0 Å². The number of hydrazone groups is 1. The summed E-state index contributed by atoms with van der Waals surface area (Å²) >= 11 is 0. The Balaban J connectivity index is 1.79. The predicted octanol–water partition coefficient (Wildman–Crippen LogP) is 3.83. The van der Waals surface area contributed by atoms with E-state index in [9.17, 15) is 5.11 Å². The van der Waals surface area contributed by atoms with Crippen molar-refractivity contribution in [3.05, 3.63) is 71.8 Å². The fourth-order valence-electron chi connectivity index (χ4n) is 3.13. The molecule has 23 heavy (non-hydrogen) atoms. The smallest absolute Gasteiger partial charge is 0.0760 e. The molecule has 2 aromatic carbocycles. The van der Waals surface area contributed by atoms with Crippen molar-refractivity contribution in [3.8, 4) is 0 Å². The molecular formula is C20H24N2O. The largest absolute Gasteiger partial charge is 0.391 e. The Morgan fingerprint density at radius 3 is 2.30 bits per heavy atom. The molecule has 0 bridgehead atoms. The first kappa shape index (κ1) is 15.8. The van der Waals surface area contributed by atoms with E-state index in [1.54, 1.807) is 0 Å². The molecule has 1 fully saturated rings. The molecule has 3 rings (SSSR count). The summed E-state index contributed by atoms with van der Waals surface area (Å²) in [5.41, 5.74) is 2.30. The SMILES string of the molecule is O[C@@H]1CCCC[C@H]1N(Cc1ccccc1)/N=C/c1ccccc1. The summed E-state index contributed by atoms with van der Waals surface area (Å²) in [6.07, 6.45) is 5.74. The Morgan fingerprint density at radius 2 is 1.61 bits per heavy atom. The van der Waals surface area contributed by atoms with Crippen molar-refractivity contribution in [2.75, 3.05) is 0 Å². The molecule has 2 aromatic rings. The second-order valence-corrected chi connectivity index (χ2v) is 6.16. The molecule has 0 aliphatic heterocycles. The third-order valence-corrected chi connectivity index (χ3v) is 4.42. The second-order valence-electron chi connectivity index (χ2n) is 6.16. The van der Waals surface area contributed by atoms with Crippen molar-refractivity contribution >= 4 is 6.21 Å². The zero-order valence-electron chi connectivity index (χ0n) is 13.4. The van der Waals surface area contributed by atoms with E-state index in [1.807, 2.05) is 54.7 Å². The molecule has 120 valence electrons. The Morgan fingerprint density at radius 1 is 0.957 bits per heavy atom. The third kappa shape index (κ3) is 4.42. The Bertz CT molecular complexity index is 612. The molecule has 3 nitrogen and oxygen atoms in total. The topological polar surface area (TPSA) is 35.8 Å². The first-order chi connectivity index (χ1) is 11.3. The van der Waals surface area contributed by atoms with E-state index in [2.05, 4.69) is 17.1 Å². The van der Waals surface area contributed by atoms with Gasteiger partial charge in [-0.2, -0.15) is 5.10 Å². The Hall–Kier alpha value is -2.13. The average Bonchev–Trinajstić information content (AvgIpc) is 2.61. The summed E-state index contributed by atoms with van der Waals surface area (Å²) in [5, 5.41) is 17.2. The number of hydrogen-bond donors (Lipinski definition) is 1. The first-order valence-corrected chi connectivity index (χ1v) is 8.40. The Labute approximate surface area is 138 Å². The van der Waals surface area contributed by atoms with Crippen LogP contribution in [0.25, 0.3) is 0 Å². The zero-order chi connectivity index (χ0) is 15.9. The minimum absolute atomic E-state index is 0.101. The standard InChI is InChI=1S/C20H24N2O/c23-20-14-8-7-13-19(20)22(16-18-11-5-2-6-12-18)21-15-17-9-3-1-4-10-17/h1-6,9-12,15,19-20,23H,7-8,13-14,16H2/b21-15+/t19-,20-/m1/s1. The highest BCUT2D eigenvalue weighted by molar-refractivity contribution is 5.79. The van der Waals surface area contributed by atoms with Gasteiger partial charge in [0.05, 0.1) is 24.9 Å². The van der Waals surface area contributed by atoms with Gasteiger partial charge in [-0.05, 0) is 24.0 Å². The molecule has 1 aliphatic rings. The lowest BCUT2D eigenvalue weighted by molar-refractivity contribution is 0.0173. The van der Waals surface area contributed by atoms with Crippen LogP contribution in [0.1, 0.15) is 36.8 Å². The quantitative estimate of drug-likeness (QED) is 0.673. The first-order valence-electron chi connectivity index (χ1n) is 8.40. The molecule has 0 heterocycles. The van der Waals surface area contributed by atoms with Crippen molar-refractivity contribution < 1.29 is 5.11 Å². The fraction of sp³-hybridized carbons (Fsp3) is 0.350. The van der Waals surface area contributed by atoms with E-state index in [0.29, 0.717) is 0 Å². The molecule has 0 amide bonds. The van der Waals surface area contributed by atoms with Crippen molar-refractivity contribution in [1.82, 2.24) is 5.01 Å². The zero-order valence-corrected chi connectivity index (χ0v) is 13.4. The van der Waals surface area contributed by atoms with E-state index in [1.165, 1.54) is 5.56 Å². The lowest BCUT2D eigenvalue weighted by Crippen LogP contribution is -2.42. The van der Waals surface area contributed by atoms with Crippen LogP contribution in [-0.4, -0.2) is 28.5 Å². The van der Waals surface area contributed by atoms with Gasteiger partial charge in [-0.15, -0.1) is 0 Å². The van der Waals surface area contributed by atoms with Gasteiger partial charge in [0.2, 0.25) is 0 Å². The van der Waals surface area contributed by atoms with Crippen LogP contribution in [0.2, 0.25) is 0 Å². The van der Waals surface area contributed by atoms with Crippen LogP contribution >= 0.6 is 0 Å². The monoisotopic (exact) mass is 308 g/mol. The predicted molar refractivity (Wildman–Crippen MR) is 94.3 cm³/mol. The summed E-state index contributed by atoms with van der Waals surface area (Å²) in [6.45, 7) is 0.728. The highest BCUT2D eigenvalue weighted by Crippen LogP contribution is 2.25. The second kappa shape index (κ2) is 7.93. The molecule has 1 N–H and O–H groups in total. The summed E-state index contributed by atoms with van der Waals surface area (Å²) in [4.78, 5) is 0. The molecule has 0 unspecified atom stereocenters. The molecule has 2 atom stereocenters. The molecule has 0 saturated heterocycles. The van der Waals surface area contributed by atoms with Crippen molar-refractivity contribution in [2.24, 2.45) is 5.10 Å². The van der Waals surface area contributed by atoms with E-state index in [-0.39, 0.29) is 12.1 Å². The number of rotatable bonds is 5. The van der Waals surface area contributed by atoms with Gasteiger partial charge in [0.15, 0.2) is 0 Å². The van der Waals surface area contributed by atoms with E-state index >= 15 is 0 Å². The van der Waals surface area contributed by atoms with Crippen molar-refractivity contribution in [3.63, 3.8) is 0 Å². The van der Waals surface area contributed by atoms with Gasteiger partial charge in [-0.3, -0.25) is 5.01 Å². The minimum Gasteiger partial charge on any atom is -0.391 e. The average molecular weight is 308 g/mol. The maximum Gasteiger partial charge on any atom is 0.0760 e. The molecular weight excluding hydrogens is 284 g/mol. The summed E-state index contributed by atoms with van der Waals surface area (Å²) in [5.74, 6) is 0. The van der Waals surface area contributed by atoms with Crippen LogP contribution in [0, 0.1) is 0 Å². The van der Waals surface area contributed by atoms with Crippen LogP contribution in [-0.2, 0) is 6.54 Å². The van der Waals surface area contributed by atoms with Crippen molar-refractivity contribution in [2.45, 2.75) is 44.4 Å².